The summed E-state index contributed by atoms with van der Waals surface area (Å²) in [5.41, 5.74) is 2.17. The van der Waals surface area contributed by atoms with Crippen LogP contribution in [0.3, 0.4) is 0 Å². The number of halogens is 1. The molecule has 11 heteroatoms. The molecule has 0 saturated carbocycles. The molecule has 1 saturated heterocycles. The van der Waals surface area contributed by atoms with E-state index in [9.17, 15) is 19.2 Å². The van der Waals surface area contributed by atoms with Crippen molar-refractivity contribution in [2.75, 3.05) is 19.0 Å². The summed E-state index contributed by atoms with van der Waals surface area (Å²) >= 11 is 4.22. The number of aromatic carboxylic acids is 1. The van der Waals surface area contributed by atoms with Crippen LogP contribution in [-0.4, -0.2) is 46.7 Å². The summed E-state index contributed by atoms with van der Waals surface area (Å²) in [6.45, 7) is -0.173. The summed E-state index contributed by atoms with van der Waals surface area (Å²) < 4.78 is 11.5. The van der Waals surface area contributed by atoms with Crippen LogP contribution in [-0.2, 0) is 16.2 Å². The highest BCUT2D eigenvalue weighted by molar-refractivity contribution is 9.10. The average Bonchev–Trinajstić information content (AvgIpc) is 3.16. The standard InChI is InChI=1S/C27H21BrN2O7S/c1-36-20-9-7-19(8-10-20)29-24(31)14-30-25(32)23(38-27(30)35)13-17-4-11-22(21(28)12-17)37-15-16-2-5-18(6-3-16)26(33)34/h2-13H,14-15H2,1H3,(H,29,31)(H,33,34)/b23-13+. The van der Waals surface area contributed by atoms with E-state index in [1.165, 1.54) is 19.2 Å². The average molecular weight is 597 g/mol. The topological polar surface area (TPSA) is 122 Å². The number of thioether (sulfide) groups is 1. The lowest BCUT2D eigenvalue weighted by Gasteiger charge is -2.12. The van der Waals surface area contributed by atoms with Gasteiger partial charge in [0.15, 0.2) is 0 Å². The molecule has 3 amide bonds. The van der Waals surface area contributed by atoms with Crippen molar-refractivity contribution in [2.24, 2.45) is 0 Å². The van der Waals surface area contributed by atoms with Crippen LogP contribution in [0.5, 0.6) is 11.5 Å². The van der Waals surface area contributed by atoms with Gasteiger partial charge < -0.3 is 19.9 Å². The van der Waals surface area contributed by atoms with Crippen LogP contribution in [0.1, 0.15) is 21.5 Å². The molecule has 1 heterocycles. The van der Waals surface area contributed by atoms with Gasteiger partial charge in [0.1, 0.15) is 24.7 Å². The van der Waals surface area contributed by atoms with Crippen molar-refractivity contribution < 1.29 is 33.8 Å². The van der Waals surface area contributed by atoms with Crippen molar-refractivity contribution in [1.29, 1.82) is 0 Å². The first kappa shape index (κ1) is 27.0. The van der Waals surface area contributed by atoms with Gasteiger partial charge in [0.2, 0.25) is 5.91 Å². The van der Waals surface area contributed by atoms with Crippen molar-refractivity contribution in [1.82, 2.24) is 4.90 Å². The normalized spacial score (nSPS) is 14.1. The molecule has 3 aromatic rings. The number of nitrogens with one attached hydrogen (secondary N) is 1. The summed E-state index contributed by atoms with van der Waals surface area (Å²) in [6.07, 6.45) is 1.57. The van der Waals surface area contributed by atoms with Gasteiger partial charge in [0.05, 0.1) is 22.1 Å². The second-order valence-electron chi connectivity index (χ2n) is 8.03. The number of carboxylic acids is 1. The summed E-state index contributed by atoms with van der Waals surface area (Å²) in [7, 11) is 1.54. The highest BCUT2D eigenvalue weighted by atomic mass is 79.9. The number of rotatable bonds is 9. The number of carbonyl (C=O) groups excluding carboxylic acids is 3. The third-order valence-electron chi connectivity index (χ3n) is 5.40. The summed E-state index contributed by atoms with van der Waals surface area (Å²) in [5, 5.41) is 11.1. The van der Waals surface area contributed by atoms with Crippen LogP contribution in [0.25, 0.3) is 6.08 Å². The number of hydrogen-bond donors (Lipinski definition) is 2. The van der Waals surface area contributed by atoms with Crippen molar-refractivity contribution in [3.63, 3.8) is 0 Å². The monoisotopic (exact) mass is 596 g/mol. The fraction of sp³-hybridized carbons (Fsp3) is 0.111. The first-order chi connectivity index (χ1) is 18.2. The molecule has 0 unspecified atom stereocenters. The molecule has 9 nitrogen and oxygen atoms in total. The van der Waals surface area contributed by atoms with Gasteiger partial charge in [-0.1, -0.05) is 18.2 Å². The molecule has 38 heavy (non-hydrogen) atoms. The van der Waals surface area contributed by atoms with E-state index in [1.807, 2.05) is 0 Å². The van der Waals surface area contributed by atoms with Gasteiger partial charge in [0.25, 0.3) is 11.1 Å². The largest absolute Gasteiger partial charge is 0.497 e. The molecule has 4 rings (SSSR count). The number of hydrogen-bond acceptors (Lipinski definition) is 7. The SMILES string of the molecule is COc1ccc(NC(=O)CN2C(=O)S/C(=C/c3ccc(OCc4ccc(C(=O)O)cc4)c(Br)c3)C2=O)cc1. The second-order valence-corrected chi connectivity index (χ2v) is 9.87. The van der Waals surface area contributed by atoms with Crippen LogP contribution in [0.15, 0.2) is 76.1 Å². The number of carbonyl (C=O) groups is 4. The number of amides is 3. The van der Waals surface area contributed by atoms with Crippen LogP contribution >= 0.6 is 27.7 Å². The van der Waals surface area contributed by atoms with Gasteiger partial charge in [-0.2, -0.15) is 0 Å². The Morgan fingerprint density at radius 2 is 1.76 bits per heavy atom. The Balaban J connectivity index is 1.37. The van der Waals surface area contributed by atoms with E-state index in [0.29, 0.717) is 27.2 Å². The second kappa shape index (κ2) is 12.0. The Bertz CT molecular complexity index is 1420. The number of carboxylic acid groups (broad SMARTS) is 1. The third kappa shape index (κ3) is 6.61. The summed E-state index contributed by atoms with van der Waals surface area (Å²) in [6, 6.07) is 18.3. The molecule has 2 N–H and O–H groups in total. The summed E-state index contributed by atoms with van der Waals surface area (Å²) in [5.74, 6) is -0.859. The van der Waals surface area contributed by atoms with Crippen molar-refractivity contribution in [2.45, 2.75) is 6.61 Å². The maximum Gasteiger partial charge on any atom is 0.335 e. The molecule has 1 aliphatic heterocycles. The lowest BCUT2D eigenvalue weighted by molar-refractivity contribution is -0.127. The summed E-state index contributed by atoms with van der Waals surface area (Å²) in [4.78, 5) is 49.7. The fourth-order valence-corrected chi connectivity index (χ4v) is 4.78. The van der Waals surface area contributed by atoms with E-state index >= 15 is 0 Å². The number of nitrogens with zero attached hydrogens (tertiary/aromatic N) is 1. The molecular weight excluding hydrogens is 576 g/mol. The van der Waals surface area contributed by atoms with Crippen LogP contribution in [0.2, 0.25) is 0 Å². The van der Waals surface area contributed by atoms with Gasteiger partial charge in [-0.05, 0) is 93.4 Å². The smallest absolute Gasteiger partial charge is 0.335 e. The molecule has 1 aliphatic rings. The van der Waals surface area contributed by atoms with E-state index in [-0.39, 0.29) is 17.1 Å². The molecule has 0 aromatic heterocycles. The van der Waals surface area contributed by atoms with Gasteiger partial charge >= 0.3 is 5.97 Å². The zero-order valence-corrected chi connectivity index (χ0v) is 22.4. The zero-order valence-electron chi connectivity index (χ0n) is 20.0. The van der Waals surface area contributed by atoms with Gasteiger partial charge in [-0.15, -0.1) is 0 Å². The van der Waals surface area contributed by atoms with Crippen molar-refractivity contribution in [3.8, 4) is 11.5 Å². The minimum atomic E-state index is -0.995. The van der Waals surface area contributed by atoms with E-state index in [2.05, 4.69) is 21.2 Å². The first-order valence-corrected chi connectivity index (χ1v) is 12.8. The van der Waals surface area contributed by atoms with Crippen LogP contribution < -0.4 is 14.8 Å². The highest BCUT2D eigenvalue weighted by Gasteiger charge is 2.36. The number of ether oxygens (including phenoxy) is 2. The molecule has 0 spiro atoms. The van der Waals surface area contributed by atoms with Crippen LogP contribution in [0.4, 0.5) is 10.5 Å². The molecule has 0 bridgehead atoms. The predicted octanol–water partition coefficient (Wildman–Crippen LogP) is 5.41. The lowest BCUT2D eigenvalue weighted by atomic mass is 10.1. The molecule has 194 valence electrons. The Kier molecular flexibility index (Phi) is 8.49. The maximum atomic E-state index is 12.8. The predicted molar refractivity (Wildman–Crippen MR) is 146 cm³/mol. The number of imide groups is 1. The van der Waals surface area contributed by atoms with E-state index in [4.69, 9.17) is 14.6 Å². The number of methoxy groups -OCH3 is 1. The van der Waals surface area contributed by atoms with E-state index in [0.717, 1.165) is 22.2 Å². The quantitative estimate of drug-likeness (QED) is 0.314. The molecule has 3 aromatic carbocycles. The Morgan fingerprint density at radius 3 is 2.39 bits per heavy atom. The molecule has 1 fully saturated rings. The van der Waals surface area contributed by atoms with Gasteiger partial charge in [-0.25, -0.2) is 4.79 Å². The molecule has 0 radical (unpaired) electrons. The van der Waals surface area contributed by atoms with Crippen LogP contribution in [0, 0.1) is 0 Å². The van der Waals surface area contributed by atoms with Gasteiger partial charge in [0, 0.05) is 5.69 Å². The van der Waals surface area contributed by atoms with Crippen molar-refractivity contribution >= 4 is 62.5 Å². The lowest BCUT2D eigenvalue weighted by Crippen LogP contribution is -2.36. The Hall–Kier alpha value is -4.09. The molecular formula is C27H21BrN2O7S. The molecule has 0 aliphatic carbocycles. The highest BCUT2D eigenvalue weighted by Crippen LogP contribution is 2.34. The first-order valence-electron chi connectivity index (χ1n) is 11.2. The molecule has 0 atom stereocenters. The van der Waals surface area contributed by atoms with Crippen molar-refractivity contribution in [3.05, 3.63) is 92.8 Å². The minimum absolute atomic E-state index is 0.196. The fourth-order valence-electron chi connectivity index (χ4n) is 3.43. The maximum absolute atomic E-state index is 12.8. The van der Waals surface area contributed by atoms with Gasteiger partial charge in [-0.3, -0.25) is 19.3 Å². The van der Waals surface area contributed by atoms with E-state index < -0.39 is 29.6 Å². The Labute approximate surface area is 230 Å². The Morgan fingerprint density at radius 1 is 1.05 bits per heavy atom. The van der Waals surface area contributed by atoms with E-state index in [1.54, 1.807) is 60.7 Å². The number of anilines is 1. The minimum Gasteiger partial charge on any atom is -0.497 e. The zero-order chi connectivity index (χ0) is 27.2. The number of benzene rings is 3. The third-order valence-corrected chi connectivity index (χ3v) is 6.93.